The van der Waals surface area contributed by atoms with Gasteiger partial charge in [0.25, 0.3) is 15.9 Å². The van der Waals surface area contributed by atoms with E-state index in [9.17, 15) is 28.2 Å². The molecule has 10 nitrogen and oxygen atoms in total. The van der Waals surface area contributed by atoms with Crippen LogP contribution in [-0.4, -0.2) is 79.2 Å². The molecule has 3 N–H and O–H groups in total. The van der Waals surface area contributed by atoms with Crippen LogP contribution >= 0.6 is 0 Å². The van der Waals surface area contributed by atoms with Gasteiger partial charge in [0.2, 0.25) is 0 Å². The van der Waals surface area contributed by atoms with Crippen LogP contribution in [0, 0.1) is 5.92 Å². The third-order valence-electron chi connectivity index (χ3n) is 7.13. The Balaban J connectivity index is 1.67. The van der Waals surface area contributed by atoms with Crippen molar-refractivity contribution in [1.82, 2.24) is 9.80 Å². The maximum atomic E-state index is 13.7. The van der Waals surface area contributed by atoms with Gasteiger partial charge in [-0.05, 0) is 55.9 Å². The molecule has 3 aromatic carbocycles. The highest BCUT2D eigenvalue weighted by molar-refractivity contribution is 7.92. The Bertz CT molecular complexity index is 1480. The van der Waals surface area contributed by atoms with E-state index in [4.69, 9.17) is 4.74 Å². The summed E-state index contributed by atoms with van der Waals surface area (Å²) >= 11 is 0. The SMILES string of the molecule is C[C@H]1CN([C@@H](C)CO)C(=O)c2cccc(NS(=O)(=O)c3ccccc3)c2O[C@@H]1CN(C)Cc1ccc(C(=O)O)cc1. The van der Waals surface area contributed by atoms with Crippen LogP contribution in [0.3, 0.4) is 0 Å². The zero-order valence-corrected chi connectivity index (χ0v) is 24.0. The fourth-order valence-corrected chi connectivity index (χ4v) is 5.86. The number of carboxylic acid groups (broad SMARTS) is 1. The summed E-state index contributed by atoms with van der Waals surface area (Å²) in [4.78, 5) is 28.6. The first kappa shape index (κ1) is 30.0. The number of carbonyl (C=O) groups is 2. The van der Waals surface area contributed by atoms with Crippen LogP contribution in [0.15, 0.2) is 77.7 Å². The lowest BCUT2D eigenvalue weighted by atomic mass is 9.99. The molecule has 0 fully saturated rings. The molecule has 1 amide bonds. The Morgan fingerprint density at radius 3 is 2.41 bits per heavy atom. The molecule has 0 aromatic heterocycles. The van der Waals surface area contributed by atoms with Crippen LogP contribution in [0.4, 0.5) is 5.69 Å². The van der Waals surface area contributed by atoms with E-state index in [1.54, 1.807) is 72.5 Å². The number of hydrogen-bond donors (Lipinski definition) is 3. The van der Waals surface area contributed by atoms with E-state index >= 15 is 0 Å². The third kappa shape index (κ3) is 7.05. The molecule has 11 heteroatoms. The van der Waals surface area contributed by atoms with E-state index in [2.05, 4.69) is 4.72 Å². The topological polar surface area (TPSA) is 136 Å². The standard InChI is InChI=1S/C30H35N3O7S/c1-20-16-33(21(2)19-34)29(35)25-10-7-11-26(31-41(38,39)24-8-5-4-6-9-24)28(25)40-27(20)18-32(3)17-22-12-14-23(15-13-22)30(36)37/h4-15,20-21,27,31,34H,16-19H2,1-3H3,(H,36,37)/t20-,21-,27+/m0/s1. The molecule has 0 aliphatic carbocycles. The normalized spacial score (nSPS) is 18.2. The molecular formula is C30H35N3O7S. The quantitative estimate of drug-likeness (QED) is 0.331. The van der Waals surface area contributed by atoms with Crippen molar-refractivity contribution in [3.05, 3.63) is 89.5 Å². The first-order valence-corrected chi connectivity index (χ1v) is 14.8. The van der Waals surface area contributed by atoms with Crippen LogP contribution in [-0.2, 0) is 16.6 Å². The van der Waals surface area contributed by atoms with Crippen molar-refractivity contribution in [3.8, 4) is 5.75 Å². The zero-order valence-electron chi connectivity index (χ0n) is 23.2. The van der Waals surface area contributed by atoms with Gasteiger partial charge in [-0.3, -0.25) is 14.4 Å². The van der Waals surface area contributed by atoms with Gasteiger partial charge >= 0.3 is 5.97 Å². The molecule has 3 aromatic rings. The fourth-order valence-electron chi connectivity index (χ4n) is 4.78. The second-order valence-corrected chi connectivity index (χ2v) is 12.1. The highest BCUT2D eigenvalue weighted by atomic mass is 32.2. The number of aliphatic hydroxyl groups excluding tert-OH is 1. The van der Waals surface area contributed by atoms with Crippen molar-refractivity contribution in [2.75, 3.05) is 31.5 Å². The van der Waals surface area contributed by atoms with Crippen molar-refractivity contribution in [2.45, 2.75) is 37.4 Å². The number of anilines is 1. The minimum Gasteiger partial charge on any atom is -0.486 e. The predicted octanol–water partition coefficient (Wildman–Crippen LogP) is 3.54. The maximum absolute atomic E-state index is 13.7. The summed E-state index contributed by atoms with van der Waals surface area (Å²) in [6.45, 7) is 4.74. The van der Waals surface area contributed by atoms with Crippen LogP contribution in [0.5, 0.6) is 5.75 Å². The molecule has 218 valence electrons. The summed E-state index contributed by atoms with van der Waals surface area (Å²) < 4.78 is 35.5. The van der Waals surface area contributed by atoms with Gasteiger partial charge in [0.05, 0.1) is 34.4 Å². The van der Waals surface area contributed by atoms with Gasteiger partial charge in [0.15, 0.2) is 5.75 Å². The Morgan fingerprint density at radius 1 is 1.10 bits per heavy atom. The van der Waals surface area contributed by atoms with Crippen LogP contribution in [0.25, 0.3) is 0 Å². The number of carbonyl (C=O) groups excluding carboxylic acids is 1. The lowest BCUT2D eigenvalue weighted by molar-refractivity contribution is 0.0343. The molecular weight excluding hydrogens is 546 g/mol. The Kier molecular flexibility index (Phi) is 9.31. The van der Waals surface area contributed by atoms with E-state index in [-0.39, 0.29) is 45.9 Å². The van der Waals surface area contributed by atoms with E-state index in [0.29, 0.717) is 19.6 Å². The summed E-state index contributed by atoms with van der Waals surface area (Å²) in [5.74, 6) is -1.41. The summed E-state index contributed by atoms with van der Waals surface area (Å²) in [6, 6.07) is 18.9. The first-order valence-electron chi connectivity index (χ1n) is 13.3. The molecule has 0 spiro atoms. The van der Waals surface area contributed by atoms with Gasteiger partial charge in [-0.25, -0.2) is 13.2 Å². The molecule has 41 heavy (non-hydrogen) atoms. The predicted molar refractivity (Wildman–Crippen MR) is 155 cm³/mol. The number of aromatic carboxylic acids is 1. The Morgan fingerprint density at radius 2 is 1.78 bits per heavy atom. The average molecular weight is 582 g/mol. The molecule has 0 radical (unpaired) electrons. The highest BCUT2D eigenvalue weighted by Crippen LogP contribution is 2.36. The van der Waals surface area contributed by atoms with Gasteiger partial charge in [-0.15, -0.1) is 0 Å². The maximum Gasteiger partial charge on any atom is 0.335 e. The Labute approximate surface area is 240 Å². The number of nitrogens with one attached hydrogen (secondary N) is 1. The van der Waals surface area contributed by atoms with Gasteiger partial charge in [0.1, 0.15) is 6.10 Å². The minimum atomic E-state index is -3.97. The number of nitrogens with zero attached hydrogens (tertiary/aromatic N) is 2. The number of hydrogen-bond acceptors (Lipinski definition) is 7. The number of ether oxygens (including phenoxy) is 1. The molecule has 1 aliphatic rings. The second-order valence-electron chi connectivity index (χ2n) is 10.4. The zero-order chi connectivity index (χ0) is 29.7. The van der Waals surface area contributed by atoms with Crippen molar-refractivity contribution < 1.29 is 33.0 Å². The molecule has 0 bridgehead atoms. The molecule has 0 saturated carbocycles. The third-order valence-corrected chi connectivity index (χ3v) is 8.52. The van der Waals surface area contributed by atoms with E-state index in [1.807, 2.05) is 18.9 Å². The number of sulfonamides is 1. The van der Waals surface area contributed by atoms with Crippen LogP contribution in [0.2, 0.25) is 0 Å². The fraction of sp³-hybridized carbons (Fsp3) is 0.333. The molecule has 0 unspecified atom stereocenters. The average Bonchev–Trinajstić information content (AvgIpc) is 2.95. The summed E-state index contributed by atoms with van der Waals surface area (Å²) in [7, 11) is -2.06. The lowest BCUT2D eigenvalue weighted by Crippen LogP contribution is -2.49. The molecule has 4 rings (SSSR count). The van der Waals surface area contributed by atoms with E-state index in [1.165, 1.54) is 12.1 Å². The largest absolute Gasteiger partial charge is 0.486 e. The highest BCUT2D eigenvalue weighted by Gasteiger charge is 2.35. The number of aliphatic hydroxyl groups is 1. The number of amides is 1. The number of benzene rings is 3. The summed E-state index contributed by atoms with van der Waals surface area (Å²) in [5, 5.41) is 19.1. The number of carboxylic acids is 1. The Hall–Kier alpha value is -3.93. The lowest BCUT2D eigenvalue weighted by Gasteiger charge is -2.38. The van der Waals surface area contributed by atoms with Crippen LogP contribution < -0.4 is 9.46 Å². The number of rotatable bonds is 10. The molecule has 1 aliphatic heterocycles. The van der Waals surface area contributed by atoms with E-state index < -0.39 is 28.1 Å². The van der Waals surface area contributed by atoms with Gasteiger partial charge in [-0.1, -0.05) is 43.3 Å². The van der Waals surface area contributed by atoms with Gasteiger partial charge in [-0.2, -0.15) is 0 Å². The first-order chi connectivity index (χ1) is 19.5. The second kappa shape index (κ2) is 12.7. The number of likely N-dealkylation sites (N-methyl/N-ethyl adjacent to an activating group) is 1. The van der Waals surface area contributed by atoms with Gasteiger partial charge in [0, 0.05) is 25.6 Å². The van der Waals surface area contributed by atoms with Crippen molar-refractivity contribution >= 4 is 27.6 Å². The summed E-state index contributed by atoms with van der Waals surface area (Å²) in [6.07, 6.45) is -0.457. The van der Waals surface area contributed by atoms with Crippen molar-refractivity contribution in [2.24, 2.45) is 5.92 Å². The van der Waals surface area contributed by atoms with Crippen LogP contribution in [0.1, 0.15) is 40.1 Å². The number of para-hydroxylation sites is 1. The molecule has 0 saturated heterocycles. The van der Waals surface area contributed by atoms with Crippen molar-refractivity contribution in [3.63, 3.8) is 0 Å². The van der Waals surface area contributed by atoms with Crippen molar-refractivity contribution in [1.29, 1.82) is 0 Å². The molecule has 3 atom stereocenters. The minimum absolute atomic E-state index is 0.0730. The van der Waals surface area contributed by atoms with Gasteiger partial charge < -0.3 is 19.8 Å². The molecule has 1 heterocycles. The van der Waals surface area contributed by atoms with E-state index in [0.717, 1.165) is 5.56 Å². The monoisotopic (exact) mass is 581 g/mol. The number of fused-ring (bicyclic) bond motifs is 1. The summed E-state index contributed by atoms with van der Waals surface area (Å²) in [5.41, 5.74) is 1.46. The smallest absolute Gasteiger partial charge is 0.335 e.